The first-order valence-corrected chi connectivity index (χ1v) is 12.8. The monoisotopic (exact) mass is 484 g/mol. The summed E-state index contributed by atoms with van der Waals surface area (Å²) in [6.45, 7) is 2.03. The summed E-state index contributed by atoms with van der Waals surface area (Å²) in [7, 11) is 0. The Morgan fingerprint density at radius 2 is 1.16 bits per heavy atom. The zero-order valence-electron chi connectivity index (χ0n) is 21.0. The lowest BCUT2D eigenvalue weighted by molar-refractivity contribution is 1.26. The quantitative estimate of drug-likeness (QED) is 0.249. The predicted molar refractivity (Wildman–Crippen MR) is 158 cm³/mol. The maximum atomic E-state index is 9.59. The molecule has 2 nitrogen and oxygen atoms in total. The van der Waals surface area contributed by atoms with Gasteiger partial charge in [-0.15, -0.1) is 0 Å². The largest absolute Gasteiger partial charge is 0.310 e. The van der Waals surface area contributed by atoms with E-state index in [0.29, 0.717) is 5.56 Å². The predicted octanol–water partition coefficient (Wildman–Crippen LogP) is 9.80. The lowest BCUT2D eigenvalue weighted by atomic mass is 9.94. The number of benzene rings is 6. The molecule has 7 rings (SSSR count). The highest BCUT2D eigenvalue weighted by Crippen LogP contribution is 2.49. The normalized spacial score (nSPS) is 11.3. The van der Waals surface area contributed by atoms with E-state index in [-0.39, 0.29) is 0 Å². The molecule has 0 bridgehead atoms. The van der Waals surface area contributed by atoms with E-state index in [4.69, 9.17) is 0 Å². The van der Waals surface area contributed by atoms with Crippen molar-refractivity contribution in [2.75, 3.05) is 4.90 Å². The van der Waals surface area contributed by atoms with Crippen molar-refractivity contribution in [2.45, 2.75) is 6.92 Å². The van der Waals surface area contributed by atoms with Crippen molar-refractivity contribution in [3.05, 3.63) is 139 Å². The van der Waals surface area contributed by atoms with Crippen molar-refractivity contribution in [3.63, 3.8) is 0 Å². The number of nitriles is 1. The number of aryl methyl sites for hydroxylation is 1. The highest BCUT2D eigenvalue weighted by Gasteiger charge is 2.22. The minimum absolute atomic E-state index is 0.659. The van der Waals surface area contributed by atoms with Crippen LogP contribution in [0.1, 0.15) is 11.1 Å². The minimum Gasteiger partial charge on any atom is -0.310 e. The maximum Gasteiger partial charge on any atom is 0.0992 e. The first-order valence-electron chi connectivity index (χ1n) is 12.8. The van der Waals surface area contributed by atoms with Gasteiger partial charge in [0.05, 0.1) is 11.6 Å². The van der Waals surface area contributed by atoms with E-state index in [1.165, 1.54) is 44.2 Å². The first kappa shape index (κ1) is 22.1. The SMILES string of the molecule is Cc1cc(C#N)cc(N(c2ccccc2)c2ccc(-c3ccc4c5c(cccc35)-c3ccccc3-4)cc2)c1. The molecule has 0 amide bonds. The van der Waals surface area contributed by atoms with Crippen LogP contribution in [0.25, 0.3) is 44.2 Å². The zero-order chi connectivity index (χ0) is 25.6. The summed E-state index contributed by atoms with van der Waals surface area (Å²) < 4.78 is 0. The Morgan fingerprint density at radius 1 is 0.526 bits per heavy atom. The molecule has 0 saturated carbocycles. The standard InChI is InChI=1S/C36H24N2/c1-24-20-25(23-37)22-29(21-24)38(27-8-3-2-4-9-27)28-16-14-26(15-17-28)30-18-19-35-32-11-6-5-10-31(32)34-13-7-12-33(30)36(34)35/h2-22H,1H3. The number of anilines is 3. The Balaban J connectivity index is 1.35. The second-order valence-electron chi connectivity index (χ2n) is 9.82. The summed E-state index contributed by atoms with van der Waals surface area (Å²) in [6, 6.07) is 47.2. The van der Waals surface area contributed by atoms with E-state index in [9.17, 15) is 5.26 Å². The van der Waals surface area contributed by atoms with Crippen molar-refractivity contribution in [1.82, 2.24) is 0 Å². The average Bonchev–Trinajstić information content (AvgIpc) is 3.29. The highest BCUT2D eigenvalue weighted by molar-refractivity contribution is 6.18. The van der Waals surface area contributed by atoms with E-state index in [0.717, 1.165) is 22.6 Å². The van der Waals surface area contributed by atoms with Crippen molar-refractivity contribution in [3.8, 4) is 39.4 Å². The highest BCUT2D eigenvalue weighted by atomic mass is 15.1. The van der Waals surface area contributed by atoms with Crippen LogP contribution in [-0.4, -0.2) is 0 Å². The Bertz CT molecular complexity index is 1850. The van der Waals surface area contributed by atoms with Crippen molar-refractivity contribution < 1.29 is 0 Å². The molecule has 6 aromatic rings. The Labute approximate surface area is 222 Å². The second kappa shape index (κ2) is 8.76. The van der Waals surface area contributed by atoms with Gasteiger partial charge in [0.15, 0.2) is 0 Å². The number of para-hydroxylation sites is 1. The Hall–Kier alpha value is -5.13. The van der Waals surface area contributed by atoms with Crippen LogP contribution in [0, 0.1) is 18.3 Å². The van der Waals surface area contributed by atoms with Gasteiger partial charge in [-0.3, -0.25) is 0 Å². The molecule has 0 saturated heterocycles. The molecule has 0 N–H and O–H groups in total. The summed E-state index contributed by atoms with van der Waals surface area (Å²) in [5.41, 5.74) is 12.5. The van der Waals surface area contributed by atoms with Crippen molar-refractivity contribution >= 4 is 27.8 Å². The van der Waals surface area contributed by atoms with Crippen molar-refractivity contribution in [1.29, 1.82) is 5.26 Å². The molecule has 2 heteroatoms. The number of nitrogens with zero attached hydrogens (tertiary/aromatic N) is 2. The molecule has 0 aromatic heterocycles. The number of hydrogen-bond acceptors (Lipinski definition) is 2. The number of hydrogen-bond donors (Lipinski definition) is 0. The van der Waals surface area contributed by atoms with Crippen LogP contribution in [0.5, 0.6) is 0 Å². The Kier molecular flexibility index (Phi) is 5.10. The van der Waals surface area contributed by atoms with Crippen LogP contribution in [0.3, 0.4) is 0 Å². The number of fused-ring (bicyclic) bond motifs is 3. The lowest BCUT2D eigenvalue weighted by Gasteiger charge is -2.26. The van der Waals surface area contributed by atoms with E-state index < -0.39 is 0 Å². The molecule has 0 atom stereocenters. The van der Waals surface area contributed by atoms with Gasteiger partial charge in [-0.05, 0) is 99.1 Å². The van der Waals surface area contributed by atoms with Crippen molar-refractivity contribution in [2.24, 2.45) is 0 Å². The second-order valence-corrected chi connectivity index (χ2v) is 9.82. The summed E-state index contributed by atoms with van der Waals surface area (Å²) >= 11 is 0. The zero-order valence-corrected chi connectivity index (χ0v) is 21.0. The van der Waals surface area contributed by atoms with Crippen LogP contribution < -0.4 is 4.90 Å². The molecule has 0 aliphatic heterocycles. The van der Waals surface area contributed by atoms with Crippen LogP contribution in [0.15, 0.2) is 127 Å². The minimum atomic E-state index is 0.659. The van der Waals surface area contributed by atoms with Crippen LogP contribution in [0.4, 0.5) is 17.1 Å². The third kappa shape index (κ3) is 3.49. The molecule has 0 radical (unpaired) electrons. The van der Waals surface area contributed by atoms with Gasteiger partial charge in [0.25, 0.3) is 0 Å². The van der Waals surface area contributed by atoms with Gasteiger partial charge in [0, 0.05) is 17.1 Å². The lowest BCUT2D eigenvalue weighted by Crippen LogP contribution is -2.10. The fraction of sp³-hybridized carbons (Fsp3) is 0.0278. The fourth-order valence-electron chi connectivity index (χ4n) is 5.83. The van der Waals surface area contributed by atoms with Gasteiger partial charge in [-0.1, -0.05) is 84.9 Å². The van der Waals surface area contributed by atoms with E-state index >= 15 is 0 Å². The van der Waals surface area contributed by atoms with Gasteiger partial charge >= 0.3 is 0 Å². The van der Waals surface area contributed by atoms with E-state index in [1.807, 2.05) is 37.3 Å². The molecule has 1 aliphatic carbocycles. The first-order chi connectivity index (χ1) is 18.7. The van der Waals surface area contributed by atoms with Gasteiger partial charge in [-0.2, -0.15) is 5.26 Å². The molecule has 0 unspecified atom stereocenters. The third-order valence-electron chi connectivity index (χ3n) is 7.45. The molecule has 1 aliphatic rings. The molecular weight excluding hydrogens is 460 g/mol. The average molecular weight is 485 g/mol. The molecule has 0 spiro atoms. The summed E-state index contributed by atoms with van der Waals surface area (Å²) in [6.07, 6.45) is 0. The molecule has 178 valence electrons. The van der Waals surface area contributed by atoms with Gasteiger partial charge in [0.2, 0.25) is 0 Å². The van der Waals surface area contributed by atoms with Gasteiger partial charge in [-0.25, -0.2) is 0 Å². The van der Waals surface area contributed by atoms with Gasteiger partial charge in [0.1, 0.15) is 0 Å². The summed E-state index contributed by atoms with van der Waals surface area (Å²) in [4.78, 5) is 2.21. The third-order valence-corrected chi connectivity index (χ3v) is 7.45. The molecule has 0 heterocycles. The van der Waals surface area contributed by atoms with E-state index in [1.54, 1.807) is 0 Å². The number of rotatable bonds is 4. The maximum absolute atomic E-state index is 9.59. The fourth-order valence-corrected chi connectivity index (χ4v) is 5.83. The summed E-state index contributed by atoms with van der Waals surface area (Å²) in [5, 5.41) is 12.2. The summed E-state index contributed by atoms with van der Waals surface area (Å²) in [5.74, 6) is 0. The van der Waals surface area contributed by atoms with Crippen LogP contribution >= 0.6 is 0 Å². The van der Waals surface area contributed by atoms with Crippen LogP contribution in [0.2, 0.25) is 0 Å². The topological polar surface area (TPSA) is 27.0 Å². The Morgan fingerprint density at radius 3 is 1.89 bits per heavy atom. The van der Waals surface area contributed by atoms with Crippen LogP contribution in [-0.2, 0) is 0 Å². The molecule has 0 fully saturated rings. The molecule has 6 aromatic carbocycles. The van der Waals surface area contributed by atoms with E-state index in [2.05, 4.69) is 108 Å². The smallest absolute Gasteiger partial charge is 0.0992 e. The molecular formula is C36H24N2. The molecule has 38 heavy (non-hydrogen) atoms. The van der Waals surface area contributed by atoms with Gasteiger partial charge < -0.3 is 4.90 Å².